The van der Waals surface area contributed by atoms with E-state index in [0.717, 1.165) is 17.8 Å². The molecule has 2 fully saturated rings. The van der Waals surface area contributed by atoms with Crippen molar-refractivity contribution in [3.05, 3.63) is 60.2 Å². The summed E-state index contributed by atoms with van der Waals surface area (Å²) in [5, 5.41) is 1.37. The molecule has 1 aliphatic carbocycles. The van der Waals surface area contributed by atoms with Gasteiger partial charge in [-0.15, -0.1) is 0 Å². The van der Waals surface area contributed by atoms with Crippen LogP contribution < -0.4 is 4.90 Å². The van der Waals surface area contributed by atoms with Crippen molar-refractivity contribution in [3.63, 3.8) is 0 Å². The first-order valence-corrected chi connectivity index (χ1v) is 12.8. The summed E-state index contributed by atoms with van der Waals surface area (Å²) < 4.78 is 7.98. The number of anilines is 1. The minimum absolute atomic E-state index is 0.0943. The van der Waals surface area contributed by atoms with Crippen LogP contribution in [0.2, 0.25) is 0 Å². The van der Waals surface area contributed by atoms with Crippen LogP contribution in [-0.2, 0) is 11.3 Å². The van der Waals surface area contributed by atoms with Crippen molar-refractivity contribution in [1.29, 1.82) is 0 Å². The zero-order valence-corrected chi connectivity index (χ0v) is 19.8. The van der Waals surface area contributed by atoms with Crippen molar-refractivity contribution in [2.45, 2.75) is 44.6 Å². The van der Waals surface area contributed by atoms with E-state index in [1.165, 1.54) is 59.8 Å². The molecule has 0 bridgehead atoms. The van der Waals surface area contributed by atoms with Gasteiger partial charge in [-0.2, -0.15) is 0 Å². The number of hydrogen-bond donors (Lipinski definition) is 0. The number of hydrogen-bond acceptors (Lipinski definition) is 2. The molecule has 34 heavy (non-hydrogen) atoms. The van der Waals surface area contributed by atoms with Crippen molar-refractivity contribution in [2.24, 2.45) is 0 Å². The minimum atomic E-state index is 0.0943. The molecule has 5 nitrogen and oxygen atoms in total. The Kier molecular flexibility index (Phi) is 5.66. The number of carbonyl (C=O) groups excluding carboxylic acids is 1. The fourth-order valence-electron chi connectivity index (χ4n) is 6.20. The van der Waals surface area contributed by atoms with Crippen LogP contribution >= 0.6 is 0 Å². The van der Waals surface area contributed by atoms with Crippen molar-refractivity contribution in [1.82, 2.24) is 9.47 Å². The molecule has 1 aromatic heterocycles. The molecule has 0 radical (unpaired) electrons. The molecule has 2 amide bonds. The van der Waals surface area contributed by atoms with E-state index in [4.69, 9.17) is 4.74 Å². The van der Waals surface area contributed by atoms with Crippen LogP contribution in [0.4, 0.5) is 10.5 Å². The number of nitrogens with zero attached hydrogens (tertiary/aromatic N) is 3. The van der Waals surface area contributed by atoms with Gasteiger partial charge in [-0.1, -0.05) is 62.2 Å². The van der Waals surface area contributed by atoms with Gasteiger partial charge < -0.3 is 14.2 Å². The number of carbonyl (C=O) groups is 1. The second-order valence-corrected chi connectivity index (χ2v) is 9.78. The average molecular weight is 456 g/mol. The first kappa shape index (κ1) is 21.5. The minimum Gasteiger partial charge on any atom is -0.378 e. The van der Waals surface area contributed by atoms with Crippen LogP contribution in [0.25, 0.3) is 28.2 Å². The van der Waals surface area contributed by atoms with Crippen LogP contribution in [-0.4, -0.2) is 48.3 Å². The van der Waals surface area contributed by atoms with Gasteiger partial charge in [-0.25, -0.2) is 4.79 Å². The number of benzene rings is 2. The third-order valence-electron chi connectivity index (χ3n) is 7.89. The lowest BCUT2D eigenvalue weighted by molar-refractivity contribution is 0.0548. The zero-order valence-electron chi connectivity index (χ0n) is 19.8. The Hall–Kier alpha value is -3.05. The number of urea groups is 1. The summed E-state index contributed by atoms with van der Waals surface area (Å²) in [6, 6.07) is 15.4. The molecular formula is C29H33N3O2. The first-order chi connectivity index (χ1) is 16.8. The monoisotopic (exact) mass is 455 g/mol. The van der Waals surface area contributed by atoms with Gasteiger partial charge in [0, 0.05) is 42.6 Å². The summed E-state index contributed by atoms with van der Waals surface area (Å²) in [7, 11) is 0. The lowest BCUT2D eigenvalue weighted by atomic mass is 9.81. The van der Waals surface area contributed by atoms with Crippen molar-refractivity contribution in [3.8, 4) is 11.3 Å². The van der Waals surface area contributed by atoms with Crippen molar-refractivity contribution < 1.29 is 9.53 Å². The third-order valence-corrected chi connectivity index (χ3v) is 7.89. The summed E-state index contributed by atoms with van der Waals surface area (Å²) >= 11 is 0. The second kappa shape index (κ2) is 8.95. The normalized spacial score (nSPS) is 18.9. The summed E-state index contributed by atoms with van der Waals surface area (Å²) in [5.41, 5.74) is 7.42. The lowest BCUT2D eigenvalue weighted by Gasteiger charge is -2.33. The van der Waals surface area contributed by atoms with Crippen LogP contribution in [0.15, 0.2) is 49.0 Å². The molecule has 1 saturated heterocycles. The molecule has 176 valence electrons. The Labute approximate surface area is 201 Å². The summed E-state index contributed by atoms with van der Waals surface area (Å²) in [6.45, 7) is 7.99. The highest BCUT2D eigenvalue weighted by molar-refractivity contribution is 6.01. The maximum atomic E-state index is 13.7. The first-order valence-electron chi connectivity index (χ1n) is 12.8. The predicted octanol–water partition coefficient (Wildman–Crippen LogP) is 6.27. The Bertz CT molecular complexity index is 1230. The molecular weight excluding hydrogens is 422 g/mol. The number of aromatic nitrogens is 1. The van der Waals surface area contributed by atoms with Gasteiger partial charge in [0.05, 0.1) is 24.6 Å². The summed E-state index contributed by atoms with van der Waals surface area (Å²) in [5.74, 6) is 0.566. The topological polar surface area (TPSA) is 37.7 Å². The van der Waals surface area contributed by atoms with Gasteiger partial charge in [0.15, 0.2) is 0 Å². The third kappa shape index (κ3) is 3.54. The van der Waals surface area contributed by atoms with Gasteiger partial charge >= 0.3 is 6.03 Å². The van der Waals surface area contributed by atoms with Crippen LogP contribution in [0, 0.1) is 0 Å². The predicted molar refractivity (Wildman–Crippen MR) is 138 cm³/mol. The zero-order chi connectivity index (χ0) is 23.1. The van der Waals surface area contributed by atoms with Crippen molar-refractivity contribution in [2.75, 3.05) is 37.7 Å². The van der Waals surface area contributed by atoms with Gasteiger partial charge in [-0.05, 0) is 42.0 Å². The van der Waals surface area contributed by atoms with E-state index in [-0.39, 0.29) is 6.03 Å². The highest BCUT2D eigenvalue weighted by Crippen LogP contribution is 2.47. The molecule has 3 heterocycles. The highest BCUT2D eigenvalue weighted by Gasteiger charge is 2.33. The van der Waals surface area contributed by atoms with E-state index in [2.05, 4.69) is 53.6 Å². The van der Waals surface area contributed by atoms with Gasteiger partial charge in [0.2, 0.25) is 0 Å². The quantitative estimate of drug-likeness (QED) is 0.457. The van der Waals surface area contributed by atoms with Crippen molar-refractivity contribution >= 4 is 28.7 Å². The SMILES string of the molecule is C=Cc1ccc2c(C3CCCCC3)c3n(c2c1)CCN(C(=O)N1CCOCC1)c1ccccc1-3. The number of amides is 2. The number of fused-ring (bicyclic) bond motifs is 5. The van der Waals surface area contributed by atoms with Crippen LogP contribution in [0.1, 0.15) is 49.1 Å². The van der Waals surface area contributed by atoms with Gasteiger partial charge in [0.1, 0.15) is 0 Å². The Morgan fingerprint density at radius 1 is 0.971 bits per heavy atom. The molecule has 0 N–H and O–H groups in total. The van der Waals surface area contributed by atoms with E-state index in [9.17, 15) is 4.79 Å². The Balaban J connectivity index is 1.54. The van der Waals surface area contributed by atoms with Gasteiger partial charge in [-0.3, -0.25) is 4.90 Å². The number of morpholine rings is 1. The maximum absolute atomic E-state index is 13.7. The molecule has 3 aliphatic rings. The van der Waals surface area contributed by atoms with E-state index in [1.807, 2.05) is 15.9 Å². The molecule has 6 rings (SSSR count). The fraction of sp³-hybridized carbons (Fsp3) is 0.414. The number of para-hydroxylation sites is 1. The largest absolute Gasteiger partial charge is 0.378 e. The molecule has 0 atom stereocenters. The maximum Gasteiger partial charge on any atom is 0.324 e. The molecule has 0 unspecified atom stereocenters. The molecule has 1 saturated carbocycles. The standard InChI is InChI=1S/C29H33N3O2/c1-2-21-12-13-23-26(20-21)31-14-15-32(29(33)30-16-18-34-19-17-30)25-11-7-6-10-24(25)28(31)27(23)22-8-4-3-5-9-22/h2,6-7,10-13,20,22H,1,3-5,8-9,14-19H2. The van der Waals surface area contributed by atoms with E-state index in [0.29, 0.717) is 38.8 Å². The summed E-state index contributed by atoms with van der Waals surface area (Å²) in [4.78, 5) is 17.6. The van der Waals surface area contributed by atoms with Gasteiger partial charge in [0.25, 0.3) is 0 Å². The Morgan fingerprint density at radius 3 is 2.56 bits per heavy atom. The lowest BCUT2D eigenvalue weighted by Crippen LogP contribution is -2.49. The highest BCUT2D eigenvalue weighted by atomic mass is 16.5. The fourth-order valence-corrected chi connectivity index (χ4v) is 6.20. The molecule has 2 aromatic carbocycles. The van der Waals surface area contributed by atoms with E-state index >= 15 is 0 Å². The second-order valence-electron chi connectivity index (χ2n) is 9.78. The Morgan fingerprint density at radius 2 is 1.76 bits per heavy atom. The van der Waals surface area contributed by atoms with E-state index in [1.54, 1.807) is 0 Å². The van der Waals surface area contributed by atoms with E-state index < -0.39 is 0 Å². The molecule has 3 aromatic rings. The smallest absolute Gasteiger partial charge is 0.324 e. The molecule has 2 aliphatic heterocycles. The number of ether oxygens (including phenoxy) is 1. The summed E-state index contributed by atoms with van der Waals surface area (Å²) in [6.07, 6.45) is 8.35. The average Bonchev–Trinajstić information content (AvgIpc) is 3.13. The molecule has 5 heteroatoms. The van der Waals surface area contributed by atoms with Crippen LogP contribution in [0.3, 0.4) is 0 Å². The molecule has 0 spiro atoms. The number of rotatable bonds is 2. The van der Waals surface area contributed by atoms with Crippen LogP contribution in [0.5, 0.6) is 0 Å².